The zero-order valence-corrected chi connectivity index (χ0v) is 14.7. The van der Waals surface area contributed by atoms with Crippen LogP contribution in [0.25, 0.3) is 0 Å². The number of rotatable bonds is 6. The number of likely N-dealkylation sites (tertiary alicyclic amines) is 1. The van der Waals surface area contributed by atoms with Gasteiger partial charge in [0.2, 0.25) is 5.91 Å². The number of halogens is 1. The molecule has 0 saturated carbocycles. The molecule has 0 aliphatic carbocycles. The molecule has 1 amide bonds. The molecule has 1 aliphatic rings. The number of benzene rings is 1. The molecule has 1 saturated heterocycles. The average molecular weight is 369 g/mol. The van der Waals surface area contributed by atoms with Crippen molar-refractivity contribution in [3.63, 3.8) is 0 Å². The van der Waals surface area contributed by atoms with Gasteiger partial charge in [0.15, 0.2) is 0 Å². The number of amides is 1. The summed E-state index contributed by atoms with van der Waals surface area (Å²) in [4.78, 5) is 14.8. The molecule has 1 atom stereocenters. The van der Waals surface area contributed by atoms with Crippen LogP contribution >= 0.6 is 15.9 Å². The van der Waals surface area contributed by atoms with E-state index in [-0.39, 0.29) is 17.9 Å². The Morgan fingerprint density at radius 2 is 2.18 bits per heavy atom. The molecule has 1 aliphatic heterocycles. The minimum absolute atomic E-state index is 0.0245. The fourth-order valence-corrected chi connectivity index (χ4v) is 3.35. The monoisotopic (exact) mass is 368 g/mol. The van der Waals surface area contributed by atoms with E-state index in [4.69, 9.17) is 10.5 Å². The molecule has 22 heavy (non-hydrogen) atoms. The third-order valence-electron chi connectivity index (χ3n) is 4.24. The Labute approximate surface area is 141 Å². The Morgan fingerprint density at radius 1 is 1.45 bits per heavy atom. The third-order valence-corrected chi connectivity index (χ3v) is 4.74. The summed E-state index contributed by atoms with van der Waals surface area (Å²) in [6.45, 7) is 2.17. The largest absolute Gasteiger partial charge is 0.385 e. The van der Waals surface area contributed by atoms with Crippen LogP contribution in [0.1, 0.15) is 24.8 Å². The Balaban J connectivity index is 2.03. The SMILES string of the molecule is COCCC(Cc1cccc(Br)c1)C(=O)N1CCC(N)CC1. The first-order valence-corrected chi connectivity index (χ1v) is 8.67. The molecular formula is C17H25BrN2O2. The lowest BCUT2D eigenvalue weighted by Gasteiger charge is -2.33. The van der Waals surface area contributed by atoms with Crippen molar-refractivity contribution in [3.05, 3.63) is 34.3 Å². The number of nitrogens with zero attached hydrogens (tertiary/aromatic N) is 1. The molecule has 1 heterocycles. The van der Waals surface area contributed by atoms with E-state index in [1.54, 1.807) is 7.11 Å². The average Bonchev–Trinajstić information content (AvgIpc) is 2.51. The van der Waals surface area contributed by atoms with Crippen LogP contribution in [0.5, 0.6) is 0 Å². The Kier molecular flexibility index (Phi) is 6.86. The standard InChI is InChI=1S/C17H25BrN2O2/c1-22-10-7-14(11-13-3-2-4-15(18)12-13)17(21)20-8-5-16(19)6-9-20/h2-4,12,14,16H,5-11,19H2,1H3. The number of methoxy groups -OCH3 is 1. The molecule has 1 aromatic rings. The van der Waals surface area contributed by atoms with E-state index in [0.29, 0.717) is 6.61 Å². The highest BCUT2D eigenvalue weighted by atomic mass is 79.9. The fourth-order valence-electron chi connectivity index (χ4n) is 2.90. The van der Waals surface area contributed by atoms with Crippen LogP contribution in [-0.4, -0.2) is 43.7 Å². The van der Waals surface area contributed by atoms with Gasteiger partial charge in [-0.2, -0.15) is 0 Å². The number of carbonyl (C=O) groups is 1. The quantitative estimate of drug-likeness (QED) is 0.839. The topological polar surface area (TPSA) is 55.6 Å². The van der Waals surface area contributed by atoms with Crippen LogP contribution in [0.3, 0.4) is 0 Å². The maximum Gasteiger partial charge on any atom is 0.226 e. The van der Waals surface area contributed by atoms with Gasteiger partial charge in [-0.15, -0.1) is 0 Å². The second kappa shape index (κ2) is 8.65. The lowest BCUT2D eigenvalue weighted by molar-refractivity contribution is -0.137. The van der Waals surface area contributed by atoms with E-state index in [0.717, 1.165) is 43.2 Å². The van der Waals surface area contributed by atoms with Crippen LogP contribution in [0.15, 0.2) is 28.7 Å². The number of ether oxygens (including phenoxy) is 1. The molecule has 1 aromatic carbocycles. The van der Waals surface area contributed by atoms with Crippen molar-refractivity contribution < 1.29 is 9.53 Å². The Morgan fingerprint density at radius 3 is 2.82 bits per heavy atom. The van der Waals surface area contributed by atoms with E-state index in [1.807, 2.05) is 17.0 Å². The molecule has 0 aromatic heterocycles. The molecule has 0 radical (unpaired) electrons. The van der Waals surface area contributed by atoms with Crippen molar-refractivity contribution in [2.75, 3.05) is 26.8 Å². The summed E-state index contributed by atoms with van der Waals surface area (Å²) in [5.41, 5.74) is 7.11. The maximum atomic E-state index is 12.8. The zero-order valence-electron chi connectivity index (χ0n) is 13.1. The summed E-state index contributed by atoms with van der Waals surface area (Å²) in [6, 6.07) is 8.41. The normalized spacial score (nSPS) is 17.5. The summed E-state index contributed by atoms with van der Waals surface area (Å²) >= 11 is 3.49. The summed E-state index contributed by atoms with van der Waals surface area (Å²) in [5.74, 6) is 0.215. The lowest BCUT2D eigenvalue weighted by atomic mass is 9.93. The molecule has 0 bridgehead atoms. The Hall–Kier alpha value is -0.910. The highest BCUT2D eigenvalue weighted by molar-refractivity contribution is 9.10. The van der Waals surface area contributed by atoms with Crippen molar-refractivity contribution in [2.45, 2.75) is 31.7 Å². The van der Waals surface area contributed by atoms with Gasteiger partial charge in [0.05, 0.1) is 0 Å². The van der Waals surface area contributed by atoms with E-state index in [2.05, 4.69) is 28.1 Å². The molecule has 1 unspecified atom stereocenters. The van der Waals surface area contributed by atoms with Crippen molar-refractivity contribution in [1.82, 2.24) is 4.90 Å². The zero-order chi connectivity index (χ0) is 15.9. The van der Waals surface area contributed by atoms with Gasteiger partial charge < -0.3 is 15.4 Å². The van der Waals surface area contributed by atoms with E-state index in [9.17, 15) is 4.79 Å². The summed E-state index contributed by atoms with van der Waals surface area (Å²) in [6.07, 6.45) is 3.31. The smallest absolute Gasteiger partial charge is 0.226 e. The first kappa shape index (κ1) is 17.4. The molecule has 0 spiro atoms. The van der Waals surface area contributed by atoms with Gasteiger partial charge in [-0.3, -0.25) is 4.79 Å². The Bertz CT molecular complexity index is 487. The van der Waals surface area contributed by atoms with Crippen LogP contribution in [-0.2, 0) is 16.0 Å². The molecule has 5 heteroatoms. The summed E-state index contributed by atoms with van der Waals surface area (Å²) < 4.78 is 6.24. The first-order chi connectivity index (χ1) is 10.6. The van der Waals surface area contributed by atoms with Crippen LogP contribution < -0.4 is 5.73 Å². The minimum Gasteiger partial charge on any atom is -0.385 e. The highest BCUT2D eigenvalue weighted by Crippen LogP contribution is 2.21. The molecule has 2 rings (SSSR count). The van der Waals surface area contributed by atoms with Crippen LogP contribution in [0.4, 0.5) is 0 Å². The van der Waals surface area contributed by atoms with Gasteiger partial charge >= 0.3 is 0 Å². The summed E-state index contributed by atoms with van der Waals surface area (Å²) in [7, 11) is 1.68. The van der Waals surface area contributed by atoms with E-state index in [1.165, 1.54) is 5.56 Å². The van der Waals surface area contributed by atoms with Crippen molar-refractivity contribution in [3.8, 4) is 0 Å². The fraction of sp³-hybridized carbons (Fsp3) is 0.588. The summed E-state index contributed by atoms with van der Waals surface area (Å²) in [5, 5.41) is 0. The van der Waals surface area contributed by atoms with Gasteiger partial charge in [0.1, 0.15) is 0 Å². The van der Waals surface area contributed by atoms with Gasteiger partial charge in [0.25, 0.3) is 0 Å². The second-order valence-electron chi connectivity index (χ2n) is 5.98. The van der Waals surface area contributed by atoms with Gasteiger partial charge in [0, 0.05) is 43.2 Å². The molecule has 122 valence electrons. The van der Waals surface area contributed by atoms with E-state index < -0.39 is 0 Å². The van der Waals surface area contributed by atoms with Crippen molar-refractivity contribution in [1.29, 1.82) is 0 Å². The van der Waals surface area contributed by atoms with Crippen LogP contribution in [0.2, 0.25) is 0 Å². The van der Waals surface area contributed by atoms with Crippen molar-refractivity contribution >= 4 is 21.8 Å². The number of hydrogen-bond acceptors (Lipinski definition) is 3. The highest BCUT2D eigenvalue weighted by Gasteiger charge is 2.27. The number of nitrogens with two attached hydrogens (primary N) is 1. The maximum absolute atomic E-state index is 12.8. The third kappa shape index (κ3) is 5.07. The van der Waals surface area contributed by atoms with Gasteiger partial charge in [-0.1, -0.05) is 28.1 Å². The van der Waals surface area contributed by atoms with Gasteiger partial charge in [-0.05, 0) is 43.4 Å². The predicted octanol–water partition coefficient (Wildman–Crippen LogP) is 2.59. The lowest BCUT2D eigenvalue weighted by Crippen LogP contribution is -2.45. The van der Waals surface area contributed by atoms with Gasteiger partial charge in [-0.25, -0.2) is 0 Å². The minimum atomic E-state index is -0.0245. The first-order valence-electron chi connectivity index (χ1n) is 7.88. The molecule has 2 N–H and O–H groups in total. The number of piperidine rings is 1. The molecular weight excluding hydrogens is 344 g/mol. The van der Waals surface area contributed by atoms with Crippen LogP contribution in [0, 0.1) is 5.92 Å². The second-order valence-corrected chi connectivity index (χ2v) is 6.89. The predicted molar refractivity (Wildman–Crippen MR) is 91.6 cm³/mol. The molecule has 4 nitrogen and oxygen atoms in total. The molecule has 1 fully saturated rings. The van der Waals surface area contributed by atoms with E-state index >= 15 is 0 Å². The number of hydrogen-bond donors (Lipinski definition) is 1. The number of carbonyl (C=O) groups excluding carboxylic acids is 1. The van der Waals surface area contributed by atoms with Crippen molar-refractivity contribution in [2.24, 2.45) is 11.7 Å².